The number of benzene rings is 2. The molecule has 154 valence electrons. The Bertz CT molecular complexity index is 818. The van der Waals surface area contributed by atoms with E-state index in [4.69, 9.17) is 9.47 Å². The zero-order chi connectivity index (χ0) is 20.2. The summed E-state index contributed by atoms with van der Waals surface area (Å²) in [6, 6.07) is 18.2. The van der Waals surface area contributed by atoms with Crippen molar-refractivity contribution < 1.29 is 14.3 Å². The van der Waals surface area contributed by atoms with Gasteiger partial charge in [0.1, 0.15) is 6.10 Å². The first-order chi connectivity index (χ1) is 14.1. The Labute approximate surface area is 173 Å². The molecule has 2 aromatic carbocycles. The van der Waals surface area contributed by atoms with E-state index in [0.29, 0.717) is 32.2 Å². The first-order valence-electron chi connectivity index (χ1n) is 10.5. The number of carbonyl (C=O) groups excluding carboxylic acids is 1. The lowest BCUT2D eigenvalue weighted by molar-refractivity contribution is -0.0954. The van der Waals surface area contributed by atoms with Crippen molar-refractivity contribution in [2.45, 2.75) is 26.1 Å². The quantitative estimate of drug-likeness (QED) is 0.792. The Kier molecular flexibility index (Phi) is 6.16. The molecule has 4 rings (SSSR count). The van der Waals surface area contributed by atoms with E-state index in [0.717, 1.165) is 29.9 Å². The molecule has 1 amide bonds. The minimum atomic E-state index is -0.100. The number of para-hydroxylation sites is 1. The van der Waals surface area contributed by atoms with Crippen molar-refractivity contribution >= 4 is 11.6 Å². The summed E-state index contributed by atoms with van der Waals surface area (Å²) >= 11 is 0. The summed E-state index contributed by atoms with van der Waals surface area (Å²) in [5.41, 5.74) is 2.90. The van der Waals surface area contributed by atoms with Gasteiger partial charge in [-0.15, -0.1) is 0 Å². The average molecular weight is 395 g/mol. The number of morpholine rings is 2. The van der Waals surface area contributed by atoms with Gasteiger partial charge < -0.3 is 19.3 Å². The minimum Gasteiger partial charge on any atom is -0.378 e. The SMILES string of the molecule is CC(C)[C@H]1CN(C(=O)c2ccccc2N2CCOCC2)C[C@@H](c2ccccc2)O1. The predicted octanol–water partition coefficient (Wildman–Crippen LogP) is 3.76. The van der Waals surface area contributed by atoms with Crippen LogP contribution in [-0.2, 0) is 9.47 Å². The van der Waals surface area contributed by atoms with Crippen LogP contribution in [0.1, 0.15) is 35.9 Å². The lowest BCUT2D eigenvalue weighted by Crippen LogP contribution is -2.49. The van der Waals surface area contributed by atoms with Crippen molar-refractivity contribution in [3.05, 3.63) is 65.7 Å². The average Bonchev–Trinajstić information content (AvgIpc) is 2.79. The number of ether oxygens (including phenoxy) is 2. The first-order valence-corrected chi connectivity index (χ1v) is 10.5. The largest absolute Gasteiger partial charge is 0.378 e. The summed E-state index contributed by atoms with van der Waals surface area (Å²) in [7, 11) is 0. The summed E-state index contributed by atoms with van der Waals surface area (Å²) in [6.07, 6.45) is -0.0784. The van der Waals surface area contributed by atoms with Gasteiger partial charge in [-0.1, -0.05) is 56.3 Å². The lowest BCUT2D eigenvalue weighted by atomic mass is 10.00. The van der Waals surface area contributed by atoms with E-state index in [1.54, 1.807) is 0 Å². The highest BCUT2D eigenvalue weighted by Crippen LogP contribution is 2.31. The molecule has 2 heterocycles. The van der Waals surface area contributed by atoms with Gasteiger partial charge in [0.25, 0.3) is 5.91 Å². The van der Waals surface area contributed by atoms with Crippen LogP contribution in [0.15, 0.2) is 54.6 Å². The van der Waals surface area contributed by atoms with Crippen molar-refractivity contribution in [1.29, 1.82) is 0 Å². The van der Waals surface area contributed by atoms with Crippen LogP contribution >= 0.6 is 0 Å². The molecule has 0 spiro atoms. The second kappa shape index (κ2) is 8.97. The summed E-state index contributed by atoms with van der Waals surface area (Å²) in [4.78, 5) is 17.9. The third-order valence-corrected chi connectivity index (χ3v) is 5.81. The Morgan fingerprint density at radius 1 is 0.966 bits per heavy atom. The number of anilines is 1. The summed E-state index contributed by atoms with van der Waals surface area (Å²) in [5, 5.41) is 0. The van der Waals surface area contributed by atoms with Gasteiger partial charge in [0.15, 0.2) is 0 Å². The van der Waals surface area contributed by atoms with Crippen LogP contribution in [0.2, 0.25) is 0 Å². The van der Waals surface area contributed by atoms with Gasteiger partial charge in [0.2, 0.25) is 0 Å². The normalized spacial score (nSPS) is 22.7. The molecule has 0 bridgehead atoms. The van der Waals surface area contributed by atoms with E-state index in [9.17, 15) is 4.79 Å². The second-order valence-corrected chi connectivity index (χ2v) is 8.14. The first kappa shape index (κ1) is 19.9. The molecule has 2 saturated heterocycles. The molecule has 5 nitrogen and oxygen atoms in total. The van der Waals surface area contributed by atoms with Gasteiger partial charge in [-0.05, 0) is 23.6 Å². The van der Waals surface area contributed by atoms with Crippen LogP contribution in [0.5, 0.6) is 0 Å². The minimum absolute atomic E-state index is 0.0217. The molecule has 2 atom stereocenters. The van der Waals surface area contributed by atoms with Crippen LogP contribution < -0.4 is 4.90 Å². The molecular weight excluding hydrogens is 364 g/mol. The highest BCUT2D eigenvalue weighted by atomic mass is 16.5. The van der Waals surface area contributed by atoms with Crippen molar-refractivity contribution in [1.82, 2.24) is 4.90 Å². The molecule has 2 aliphatic rings. The van der Waals surface area contributed by atoms with Crippen molar-refractivity contribution in [3.63, 3.8) is 0 Å². The second-order valence-electron chi connectivity index (χ2n) is 8.14. The number of amides is 1. The number of hydrogen-bond acceptors (Lipinski definition) is 4. The van der Waals surface area contributed by atoms with E-state index in [1.807, 2.05) is 47.4 Å². The van der Waals surface area contributed by atoms with Crippen molar-refractivity contribution in [2.24, 2.45) is 5.92 Å². The monoisotopic (exact) mass is 394 g/mol. The number of hydrogen-bond donors (Lipinski definition) is 0. The van der Waals surface area contributed by atoms with Gasteiger partial charge in [-0.25, -0.2) is 0 Å². The summed E-state index contributed by atoms with van der Waals surface area (Å²) < 4.78 is 11.9. The van der Waals surface area contributed by atoms with E-state index in [-0.39, 0.29) is 18.1 Å². The molecule has 0 N–H and O–H groups in total. The molecule has 0 saturated carbocycles. The van der Waals surface area contributed by atoms with Crippen LogP contribution in [0.3, 0.4) is 0 Å². The molecule has 29 heavy (non-hydrogen) atoms. The third kappa shape index (κ3) is 4.46. The Hall–Kier alpha value is -2.37. The molecule has 0 radical (unpaired) electrons. The molecule has 2 aromatic rings. The number of carbonyl (C=O) groups is 1. The van der Waals surface area contributed by atoms with Crippen LogP contribution in [0.4, 0.5) is 5.69 Å². The maximum atomic E-state index is 13.6. The lowest BCUT2D eigenvalue weighted by Gasteiger charge is -2.40. The maximum absolute atomic E-state index is 13.6. The Morgan fingerprint density at radius 2 is 1.66 bits per heavy atom. The molecule has 2 fully saturated rings. The standard InChI is InChI=1S/C24H30N2O3/c1-18(2)22-16-26(17-23(29-22)19-8-4-3-5-9-19)24(27)20-10-6-7-11-21(20)25-12-14-28-15-13-25/h3-11,18,22-23H,12-17H2,1-2H3/t22-,23+/m1/s1. The topological polar surface area (TPSA) is 42.0 Å². The molecule has 0 aliphatic carbocycles. The van der Waals surface area contributed by atoms with Gasteiger partial charge in [-0.3, -0.25) is 4.79 Å². The molecule has 2 aliphatic heterocycles. The van der Waals surface area contributed by atoms with E-state index < -0.39 is 0 Å². The molecule has 0 unspecified atom stereocenters. The number of rotatable bonds is 4. The van der Waals surface area contributed by atoms with Crippen LogP contribution in [-0.4, -0.2) is 56.3 Å². The van der Waals surface area contributed by atoms with Crippen LogP contribution in [0.25, 0.3) is 0 Å². The summed E-state index contributed by atoms with van der Waals surface area (Å²) in [5.74, 6) is 0.424. The smallest absolute Gasteiger partial charge is 0.256 e. The van der Waals surface area contributed by atoms with Crippen molar-refractivity contribution in [2.75, 3.05) is 44.3 Å². The summed E-state index contributed by atoms with van der Waals surface area (Å²) in [6.45, 7) is 8.53. The molecule has 5 heteroatoms. The van der Waals surface area contributed by atoms with Gasteiger partial charge in [-0.2, -0.15) is 0 Å². The Morgan fingerprint density at radius 3 is 2.38 bits per heavy atom. The van der Waals surface area contributed by atoms with Crippen LogP contribution in [0, 0.1) is 5.92 Å². The fraction of sp³-hybridized carbons (Fsp3) is 0.458. The van der Waals surface area contributed by atoms with E-state index in [2.05, 4.69) is 30.9 Å². The Balaban J connectivity index is 1.60. The fourth-order valence-electron chi connectivity index (χ4n) is 4.08. The number of nitrogens with zero attached hydrogens (tertiary/aromatic N) is 2. The zero-order valence-corrected chi connectivity index (χ0v) is 17.3. The van der Waals surface area contributed by atoms with Gasteiger partial charge in [0, 0.05) is 25.3 Å². The molecular formula is C24H30N2O3. The van der Waals surface area contributed by atoms with Crippen molar-refractivity contribution in [3.8, 4) is 0 Å². The third-order valence-electron chi connectivity index (χ3n) is 5.81. The zero-order valence-electron chi connectivity index (χ0n) is 17.3. The maximum Gasteiger partial charge on any atom is 0.256 e. The molecule has 0 aromatic heterocycles. The fourth-order valence-corrected chi connectivity index (χ4v) is 4.08. The highest BCUT2D eigenvalue weighted by molar-refractivity contribution is 6.00. The van der Waals surface area contributed by atoms with Gasteiger partial charge in [0.05, 0.1) is 31.4 Å². The van der Waals surface area contributed by atoms with Gasteiger partial charge >= 0.3 is 0 Å². The van der Waals surface area contributed by atoms with E-state index >= 15 is 0 Å². The predicted molar refractivity (Wildman–Crippen MR) is 114 cm³/mol. The highest BCUT2D eigenvalue weighted by Gasteiger charge is 2.34. The van der Waals surface area contributed by atoms with E-state index in [1.165, 1.54) is 0 Å².